The van der Waals surface area contributed by atoms with Crippen LogP contribution in [0.15, 0.2) is 41.6 Å². The van der Waals surface area contributed by atoms with Crippen molar-refractivity contribution in [2.75, 3.05) is 6.61 Å². The molecule has 0 spiro atoms. The molecule has 4 nitrogen and oxygen atoms in total. The number of hydrogen-bond acceptors (Lipinski definition) is 3. The zero-order chi connectivity index (χ0) is 17.6. The smallest absolute Gasteiger partial charge is 0.338 e. The Labute approximate surface area is 152 Å². The Bertz CT molecular complexity index is 922. The molecular weight excluding hydrogens is 332 g/mol. The Hall–Kier alpha value is -2.40. The number of rotatable bonds is 3. The quantitative estimate of drug-likeness (QED) is 0.656. The summed E-state index contributed by atoms with van der Waals surface area (Å²) < 4.78 is 5.29. The Morgan fingerprint density at radius 1 is 1.24 bits per heavy atom. The Kier molecular flexibility index (Phi) is 3.96. The topological polar surface area (TPSA) is 50.4 Å². The second kappa shape index (κ2) is 6.15. The van der Waals surface area contributed by atoms with Crippen molar-refractivity contribution in [1.82, 2.24) is 10.6 Å². The first-order chi connectivity index (χ1) is 12.1. The van der Waals surface area contributed by atoms with Crippen molar-refractivity contribution in [2.24, 2.45) is 0 Å². The molecule has 2 N–H and O–H groups in total. The van der Waals surface area contributed by atoms with Gasteiger partial charge in [-0.1, -0.05) is 30.3 Å². The van der Waals surface area contributed by atoms with Gasteiger partial charge in [-0.15, -0.1) is 0 Å². The van der Waals surface area contributed by atoms with Crippen LogP contribution in [-0.4, -0.2) is 17.7 Å². The van der Waals surface area contributed by atoms with Crippen molar-refractivity contribution in [2.45, 2.75) is 32.7 Å². The molecule has 0 radical (unpaired) electrons. The largest absolute Gasteiger partial charge is 0.463 e. The Morgan fingerprint density at radius 3 is 2.76 bits per heavy atom. The van der Waals surface area contributed by atoms with E-state index in [1.165, 1.54) is 21.9 Å². The molecular formula is C20H20N2O2S. The van der Waals surface area contributed by atoms with Crippen molar-refractivity contribution >= 4 is 34.1 Å². The minimum atomic E-state index is -0.309. The van der Waals surface area contributed by atoms with Gasteiger partial charge in [0.25, 0.3) is 0 Å². The second-order valence-electron chi connectivity index (χ2n) is 6.44. The van der Waals surface area contributed by atoms with Crippen molar-refractivity contribution < 1.29 is 9.53 Å². The fraction of sp³-hybridized carbons (Fsp3) is 0.300. The number of thiocarbonyl (C=S) groups is 1. The number of ether oxygens (including phenoxy) is 1. The van der Waals surface area contributed by atoms with Gasteiger partial charge in [-0.05, 0) is 66.4 Å². The summed E-state index contributed by atoms with van der Waals surface area (Å²) in [5.74, 6) is -0.309. The van der Waals surface area contributed by atoms with Crippen LogP contribution in [0, 0.1) is 0 Å². The summed E-state index contributed by atoms with van der Waals surface area (Å²) in [4.78, 5) is 12.6. The third-order valence-corrected chi connectivity index (χ3v) is 5.21. The first kappa shape index (κ1) is 16.1. The van der Waals surface area contributed by atoms with Crippen LogP contribution < -0.4 is 10.6 Å². The van der Waals surface area contributed by atoms with Gasteiger partial charge in [0.05, 0.1) is 18.2 Å². The van der Waals surface area contributed by atoms with Gasteiger partial charge >= 0.3 is 5.97 Å². The van der Waals surface area contributed by atoms with Crippen molar-refractivity contribution in [3.63, 3.8) is 0 Å². The number of hydrogen-bond donors (Lipinski definition) is 2. The Balaban J connectivity index is 1.91. The van der Waals surface area contributed by atoms with E-state index in [9.17, 15) is 4.79 Å². The number of allylic oxidation sites excluding steroid dienone is 1. The van der Waals surface area contributed by atoms with Crippen LogP contribution in [0.3, 0.4) is 0 Å². The van der Waals surface area contributed by atoms with Crippen LogP contribution in [0.25, 0.3) is 10.8 Å². The molecule has 1 atom stereocenters. The molecule has 2 aromatic rings. The van der Waals surface area contributed by atoms with E-state index in [1.54, 1.807) is 0 Å². The first-order valence-corrected chi connectivity index (χ1v) is 8.99. The zero-order valence-corrected chi connectivity index (χ0v) is 15.1. The molecule has 0 bridgehead atoms. The van der Waals surface area contributed by atoms with Crippen LogP contribution in [0.2, 0.25) is 0 Å². The maximum absolute atomic E-state index is 12.6. The summed E-state index contributed by atoms with van der Waals surface area (Å²) in [5.41, 5.74) is 5.16. The molecule has 0 amide bonds. The highest BCUT2D eigenvalue weighted by atomic mass is 32.1. The lowest BCUT2D eigenvalue weighted by Gasteiger charge is -2.30. The highest BCUT2D eigenvalue weighted by Crippen LogP contribution is 2.38. The number of benzene rings is 2. The van der Waals surface area contributed by atoms with Gasteiger partial charge in [0.2, 0.25) is 0 Å². The van der Waals surface area contributed by atoms with Gasteiger partial charge in [0, 0.05) is 5.70 Å². The zero-order valence-electron chi connectivity index (χ0n) is 14.3. The number of aryl methyl sites for hydroxylation is 2. The number of nitrogens with one attached hydrogen (secondary N) is 2. The number of esters is 1. The van der Waals surface area contributed by atoms with E-state index in [2.05, 4.69) is 41.0 Å². The van der Waals surface area contributed by atoms with E-state index >= 15 is 0 Å². The summed E-state index contributed by atoms with van der Waals surface area (Å²) in [6, 6.07) is 10.4. The van der Waals surface area contributed by atoms with Crippen LogP contribution in [0.1, 0.15) is 36.6 Å². The van der Waals surface area contributed by atoms with E-state index in [0.717, 1.165) is 24.1 Å². The molecule has 5 heteroatoms. The summed E-state index contributed by atoms with van der Waals surface area (Å²) in [7, 11) is 0. The number of carbonyl (C=O) groups excluding carboxylic acids is 1. The predicted octanol–water partition coefficient (Wildman–Crippen LogP) is 3.29. The van der Waals surface area contributed by atoms with E-state index in [1.807, 2.05) is 13.8 Å². The molecule has 2 aliphatic rings. The third-order valence-electron chi connectivity index (χ3n) is 4.99. The monoisotopic (exact) mass is 352 g/mol. The number of carbonyl (C=O) groups is 1. The lowest BCUT2D eigenvalue weighted by atomic mass is 9.90. The van der Waals surface area contributed by atoms with Gasteiger partial charge in [-0.2, -0.15) is 0 Å². The first-order valence-electron chi connectivity index (χ1n) is 8.59. The lowest BCUT2D eigenvalue weighted by molar-refractivity contribution is -0.139. The normalized spacial score (nSPS) is 19.0. The summed E-state index contributed by atoms with van der Waals surface area (Å²) in [5, 5.41) is 9.35. The average molecular weight is 352 g/mol. The van der Waals surface area contributed by atoms with Crippen molar-refractivity contribution in [1.29, 1.82) is 0 Å². The molecule has 0 saturated carbocycles. The molecule has 0 fully saturated rings. The fourth-order valence-corrected chi connectivity index (χ4v) is 4.20. The molecule has 1 heterocycles. The van der Waals surface area contributed by atoms with Crippen LogP contribution in [0.4, 0.5) is 0 Å². The molecule has 0 saturated heterocycles. The van der Waals surface area contributed by atoms with E-state index in [0.29, 0.717) is 17.3 Å². The maximum atomic E-state index is 12.6. The average Bonchev–Trinajstić information content (AvgIpc) is 3.00. The molecule has 2 aromatic carbocycles. The van der Waals surface area contributed by atoms with E-state index in [4.69, 9.17) is 17.0 Å². The molecule has 0 aromatic heterocycles. The standard InChI is InChI=1S/C20H20N2O2S/c1-3-24-19(23)16-11(2)21-20(25)22-18(16)15-10-9-13-8-7-12-5-4-6-14(15)17(12)13/h4-6,9-10,18H,3,7-8H2,1-2H3,(H2,21,22,25)/t18-/m0/s1. The molecule has 1 aliphatic carbocycles. The van der Waals surface area contributed by atoms with Crippen molar-refractivity contribution in [3.05, 3.63) is 58.3 Å². The van der Waals surface area contributed by atoms with E-state index in [-0.39, 0.29) is 12.0 Å². The SMILES string of the molecule is CCOC(=O)C1=C(C)NC(=S)N[C@H]1c1ccc2c3c(cccc13)CC2. The maximum Gasteiger partial charge on any atom is 0.338 e. The molecule has 1 aliphatic heterocycles. The van der Waals surface area contributed by atoms with Gasteiger partial charge in [-0.3, -0.25) is 0 Å². The molecule has 128 valence electrons. The molecule has 0 unspecified atom stereocenters. The summed E-state index contributed by atoms with van der Waals surface area (Å²) in [6.07, 6.45) is 2.15. The van der Waals surface area contributed by atoms with E-state index < -0.39 is 0 Å². The van der Waals surface area contributed by atoms with Gasteiger partial charge in [0.15, 0.2) is 5.11 Å². The predicted molar refractivity (Wildman–Crippen MR) is 102 cm³/mol. The minimum absolute atomic E-state index is 0.308. The molecule has 25 heavy (non-hydrogen) atoms. The minimum Gasteiger partial charge on any atom is -0.463 e. The third kappa shape index (κ3) is 2.59. The summed E-state index contributed by atoms with van der Waals surface area (Å²) in [6.45, 7) is 4.03. The highest BCUT2D eigenvalue weighted by Gasteiger charge is 2.32. The van der Waals surface area contributed by atoms with Gasteiger partial charge in [-0.25, -0.2) is 4.79 Å². The lowest BCUT2D eigenvalue weighted by Crippen LogP contribution is -2.45. The fourth-order valence-electron chi connectivity index (χ4n) is 3.93. The highest BCUT2D eigenvalue weighted by molar-refractivity contribution is 7.80. The van der Waals surface area contributed by atoms with Crippen LogP contribution >= 0.6 is 12.2 Å². The molecule has 4 rings (SSSR count). The second-order valence-corrected chi connectivity index (χ2v) is 6.85. The van der Waals surface area contributed by atoms with Gasteiger partial charge in [0.1, 0.15) is 0 Å². The van der Waals surface area contributed by atoms with Crippen LogP contribution in [0.5, 0.6) is 0 Å². The van der Waals surface area contributed by atoms with Gasteiger partial charge < -0.3 is 15.4 Å². The van der Waals surface area contributed by atoms with Crippen LogP contribution in [-0.2, 0) is 22.4 Å². The summed E-state index contributed by atoms with van der Waals surface area (Å²) >= 11 is 5.34. The Morgan fingerprint density at radius 2 is 2.00 bits per heavy atom. The van der Waals surface area contributed by atoms with Crippen molar-refractivity contribution in [3.8, 4) is 0 Å².